The van der Waals surface area contributed by atoms with Gasteiger partial charge in [0.15, 0.2) is 0 Å². The molecule has 0 radical (unpaired) electrons. The lowest BCUT2D eigenvalue weighted by atomic mass is 9.93. The Morgan fingerprint density at radius 3 is 2.36 bits per heavy atom. The minimum atomic E-state index is 0.734. The van der Waals surface area contributed by atoms with Crippen LogP contribution < -0.4 is 4.74 Å². The summed E-state index contributed by atoms with van der Waals surface area (Å²) in [5.41, 5.74) is 2.69. The van der Waals surface area contributed by atoms with Gasteiger partial charge < -0.3 is 9.64 Å². The van der Waals surface area contributed by atoms with Gasteiger partial charge in [0, 0.05) is 19.0 Å². The Morgan fingerprint density at radius 2 is 1.68 bits per heavy atom. The summed E-state index contributed by atoms with van der Waals surface area (Å²) >= 11 is 0. The van der Waals surface area contributed by atoms with E-state index in [1.807, 2.05) is 0 Å². The van der Waals surface area contributed by atoms with Crippen molar-refractivity contribution in [3.63, 3.8) is 0 Å². The van der Waals surface area contributed by atoms with Crippen molar-refractivity contribution in [1.82, 2.24) is 4.90 Å². The van der Waals surface area contributed by atoms with Crippen LogP contribution in [0.5, 0.6) is 5.75 Å². The van der Waals surface area contributed by atoms with E-state index in [4.69, 9.17) is 4.74 Å². The first kappa shape index (κ1) is 13.8. The predicted octanol–water partition coefficient (Wildman–Crippen LogP) is 3.61. The Labute approximate surface area is 132 Å². The molecule has 2 fully saturated rings. The number of hydrogen-bond acceptors (Lipinski definition) is 2. The Kier molecular flexibility index (Phi) is 3.86. The van der Waals surface area contributed by atoms with Gasteiger partial charge in [0.1, 0.15) is 5.75 Å². The molecule has 2 aliphatic heterocycles. The van der Waals surface area contributed by atoms with Crippen LogP contribution in [0, 0.1) is 11.8 Å². The average molecular weight is 293 g/mol. The summed E-state index contributed by atoms with van der Waals surface area (Å²) < 4.78 is 6.02. The molecule has 0 N–H and O–H groups in total. The highest BCUT2D eigenvalue weighted by atomic mass is 16.5. The van der Waals surface area contributed by atoms with Gasteiger partial charge in [-0.05, 0) is 48.6 Å². The molecule has 3 unspecified atom stereocenters. The molecular formula is C20H23NO. The van der Waals surface area contributed by atoms with Crippen LogP contribution >= 0.6 is 0 Å². The summed E-state index contributed by atoms with van der Waals surface area (Å²) in [5.74, 6) is 2.62. The van der Waals surface area contributed by atoms with Gasteiger partial charge in [0.2, 0.25) is 0 Å². The fraction of sp³-hybridized carbons (Fsp3) is 0.400. The highest BCUT2D eigenvalue weighted by molar-refractivity contribution is 5.31. The molecular weight excluding hydrogens is 270 g/mol. The number of rotatable bonds is 5. The third-order valence-corrected chi connectivity index (χ3v) is 5.11. The first-order valence-corrected chi connectivity index (χ1v) is 8.35. The van der Waals surface area contributed by atoms with Crippen LogP contribution in [0.3, 0.4) is 0 Å². The highest BCUT2D eigenvalue weighted by Crippen LogP contribution is 2.33. The molecule has 2 saturated heterocycles. The van der Waals surface area contributed by atoms with E-state index in [1.165, 1.54) is 37.2 Å². The molecule has 0 amide bonds. The minimum Gasteiger partial charge on any atom is -0.493 e. The van der Waals surface area contributed by atoms with Crippen molar-refractivity contribution in [2.45, 2.75) is 12.8 Å². The van der Waals surface area contributed by atoms with Crippen LogP contribution in [0.4, 0.5) is 0 Å². The number of benzene rings is 2. The normalized spacial score (nSPS) is 26.3. The number of ether oxygens (including phenoxy) is 1. The van der Waals surface area contributed by atoms with Crippen LogP contribution in [0.15, 0.2) is 54.6 Å². The summed E-state index contributed by atoms with van der Waals surface area (Å²) in [5, 5.41) is 0. The van der Waals surface area contributed by atoms with Gasteiger partial charge in [-0.15, -0.1) is 0 Å². The van der Waals surface area contributed by atoms with Crippen LogP contribution in [0.1, 0.15) is 17.5 Å². The molecule has 2 aromatic carbocycles. The molecule has 2 aliphatic rings. The maximum absolute atomic E-state index is 6.02. The van der Waals surface area contributed by atoms with Crippen LogP contribution in [0.2, 0.25) is 0 Å². The lowest BCUT2D eigenvalue weighted by Crippen LogP contribution is -2.27. The molecule has 4 rings (SSSR count). The molecule has 0 aliphatic carbocycles. The fourth-order valence-corrected chi connectivity index (χ4v) is 3.82. The van der Waals surface area contributed by atoms with E-state index < -0.39 is 0 Å². The van der Waals surface area contributed by atoms with Gasteiger partial charge in [-0.3, -0.25) is 0 Å². The predicted molar refractivity (Wildman–Crippen MR) is 89.2 cm³/mol. The van der Waals surface area contributed by atoms with Gasteiger partial charge in [-0.1, -0.05) is 42.5 Å². The molecule has 2 heteroatoms. The Hall–Kier alpha value is -1.80. The van der Waals surface area contributed by atoms with E-state index in [0.29, 0.717) is 0 Å². The van der Waals surface area contributed by atoms with Crippen molar-refractivity contribution in [2.75, 3.05) is 26.2 Å². The first-order valence-electron chi connectivity index (χ1n) is 8.35. The number of nitrogens with zero attached hydrogens (tertiary/aromatic N) is 1. The summed E-state index contributed by atoms with van der Waals surface area (Å²) in [7, 11) is 0. The molecule has 0 spiro atoms. The van der Waals surface area contributed by atoms with Crippen molar-refractivity contribution >= 4 is 0 Å². The Morgan fingerprint density at radius 1 is 0.909 bits per heavy atom. The summed E-state index contributed by atoms with van der Waals surface area (Å²) in [6.07, 6.45) is 2.35. The molecule has 114 valence electrons. The maximum atomic E-state index is 6.02. The molecule has 3 atom stereocenters. The second-order valence-electron chi connectivity index (χ2n) is 6.69. The zero-order valence-corrected chi connectivity index (χ0v) is 12.9. The fourth-order valence-electron chi connectivity index (χ4n) is 3.82. The first-order chi connectivity index (χ1) is 10.9. The van der Waals surface area contributed by atoms with Gasteiger partial charge >= 0.3 is 0 Å². The Balaban J connectivity index is 1.32. The minimum absolute atomic E-state index is 0.734. The Bertz CT molecular complexity index is 607. The zero-order chi connectivity index (χ0) is 14.8. The summed E-state index contributed by atoms with van der Waals surface area (Å²) in [4.78, 5) is 2.57. The molecule has 2 bridgehead atoms. The molecule has 2 aromatic rings. The third kappa shape index (κ3) is 3.02. The maximum Gasteiger partial charge on any atom is 0.119 e. The third-order valence-electron chi connectivity index (χ3n) is 5.11. The van der Waals surface area contributed by atoms with Gasteiger partial charge in [-0.25, -0.2) is 0 Å². The van der Waals surface area contributed by atoms with Crippen molar-refractivity contribution in [2.24, 2.45) is 11.8 Å². The zero-order valence-electron chi connectivity index (χ0n) is 12.9. The quantitative estimate of drug-likeness (QED) is 0.835. The number of fused-ring (bicyclic) bond motifs is 2. The number of piperidine rings is 1. The monoisotopic (exact) mass is 293 g/mol. The smallest absolute Gasteiger partial charge is 0.119 e. The van der Waals surface area contributed by atoms with Crippen molar-refractivity contribution in [1.29, 1.82) is 0 Å². The van der Waals surface area contributed by atoms with E-state index in [0.717, 1.165) is 30.6 Å². The van der Waals surface area contributed by atoms with Crippen molar-refractivity contribution in [3.8, 4) is 5.75 Å². The van der Waals surface area contributed by atoms with E-state index in [9.17, 15) is 0 Å². The standard InChI is InChI=1S/C20H23NO/c1-2-4-16(5-3-1)12-17-6-8-20(9-7-17)22-15-19-14-21-11-10-18(19)13-21/h1-9,18-19H,10-15H2. The second kappa shape index (κ2) is 6.13. The molecule has 2 heterocycles. The lowest BCUT2D eigenvalue weighted by molar-refractivity contribution is 0.195. The largest absolute Gasteiger partial charge is 0.493 e. The summed E-state index contributed by atoms with van der Waals surface area (Å²) in [6.45, 7) is 4.70. The SMILES string of the molecule is c1ccc(Cc2ccc(OCC3CN4CCC3C4)cc2)cc1. The molecule has 2 nitrogen and oxygen atoms in total. The second-order valence-corrected chi connectivity index (χ2v) is 6.69. The van der Waals surface area contributed by atoms with E-state index in [2.05, 4.69) is 59.5 Å². The van der Waals surface area contributed by atoms with Gasteiger partial charge in [0.25, 0.3) is 0 Å². The van der Waals surface area contributed by atoms with Crippen LogP contribution in [-0.4, -0.2) is 31.1 Å². The molecule has 22 heavy (non-hydrogen) atoms. The average Bonchev–Trinajstić information content (AvgIpc) is 3.18. The highest BCUT2D eigenvalue weighted by Gasteiger charge is 2.38. The number of hydrogen-bond donors (Lipinski definition) is 0. The van der Waals surface area contributed by atoms with Crippen LogP contribution in [0.25, 0.3) is 0 Å². The van der Waals surface area contributed by atoms with Gasteiger partial charge in [-0.2, -0.15) is 0 Å². The topological polar surface area (TPSA) is 12.5 Å². The van der Waals surface area contributed by atoms with Crippen LogP contribution in [-0.2, 0) is 6.42 Å². The lowest BCUT2D eigenvalue weighted by Gasteiger charge is -2.22. The van der Waals surface area contributed by atoms with E-state index in [1.54, 1.807) is 0 Å². The molecule has 0 aromatic heterocycles. The summed E-state index contributed by atoms with van der Waals surface area (Å²) in [6, 6.07) is 19.2. The molecule has 0 saturated carbocycles. The van der Waals surface area contributed by atoms with Crippen molar-refractivity contribution < 1.29 is 4.74 Å². The van der Waals surface area contributed by atoms with Gasteiger partial charge in [0.05, 0.1) is 6.61 Å². The van der Waals surface area contributed by atoms with E-state index >= 15 is 0 Å². The van der Waals surface area contributed by atoms with Crippen molar-refractivity contribution in [3.05, 3.63) is 65.7 Å². The van der Waals surface area contributed by atoms with E-state index in [-0.39, 0.29) is 0 Å².